The molecule has 0 amide bonds. The molecule has 32 heavy (non-hydrogen) atoms. The van der Waals surface area contributed by atoms with Gasteiger partial charge in [-0.05, 0) is 62.3 Å². The van der Waals surface area contributed by atoms with Crippen LogP contribution in [0.2, 0.25) is 0 Å². The van der Waals surface area contributed by atoms with Gasteiger partial charge in [-0.25, -0.2) is 0 Å². The minimum absolute atomic E-state index is 0.190. The maximum Gasteiger partial charge on any atom is 0.0343 e. The third-order valence-electron chi connectivity index (χ3n) is 6.40. The fourth-order valence-electron chi connectivity index (χ4n) is 4.50. The van der Waals surface area contributed by atoms with E-state index in [1.807, 2.05) is 27.7 Å². The predicted molar refractivity (Wildman–Crippen MR) is 144 cm³/mol. The molecule has 2 aromatic rings. The normalized spacial score (nSPS) is 19.6. The summed E-state index contributed by atoms with van der Waals surface area (Å²) in [4.78, 5) is 0. The van der Waals surface area contributed by atoms with E-state index >= 15 is 0 Å². The summed E-state index contributed by atoms with van der Waals surface area (Å²) in [6.45, 7) is 18.9. The lowest BCUT2D eigenvalue weighted by Gasteiger charge is -2.41. The minimum atomic E-state index is 0.190. The first-order valence-electron chi connectivity index (χ1n) is 12.9. The Morgan fingerprint density at radius 1 is 0.938 bits per heavy atom. The van der Waals surface area contributed by atoms with E-state index in [9.17, 15) is 0 Å². The number of rotatable bonds is 9. The van der Waals surface area contributed by atoms with Crippen LogP contribution in [-0.4, -0.2) is 19.1 Å². The molecule has 1 aliphatic rings. The number of nitrogens with one attached hydrogen (secondary N) is 2. The van der Waals surface area contributed by atoms with Crippen LogP contribution in [0.5, 0.6) is 0 Å². The van der Waals surface area contributed by atoms with Crippen molar-refractivity contribution in [3.05, 3.63) is 77.9 Å². The molecule has 0 bridgehead atoms. The Hall–Kier alpha value is -2.06. The third kappa shape index (κ3) is 8.13. The zero-order valence-electron chi connectivity index (χ0n) is 21.6. The summed E-state index contributed by atoms with van der Waals surface area (Å²) >= 11 is 0. The summed E-state index contributed by atoms with van der Waals surface area (Å²) in [6, 6.07) is 20.3. The molecule has 0 unspecified atom stereocenters. The van der Waals surface area contributed by atoms with Gasteiger partial charge in [-0.2, -0.15) is 0 Å². The Kier molecular flexibility index (Phi) is 13.7. The van der Waals surface area contributed by atoms with Gasteiger partial charge in [-0.3, -0.25) is 0 Å². The molecule has 0 atom stereocenters. The number of hydrogen-bond donors (Lipinski definition) is 2. The molecule has 2 aromatic carbocycles. The molecule has 0 spiro atoms. The molecule has 0 heterocycles. The molecule has 1 fully saturated rings. The summed E-state index contributed by atoms with van der Waals surface area (Å²) in [6.07, 6.45) is 7.47. The van der Waals surface area contributed by atoms with Crippen molar-refractivity contribution in [2.75, 3.05) is 13.1 Å². The van der Waals surface area contributed by atoms with Crippen molar-refractivity contribution in [2.24, 2.45) is 0 Å². The lowest BCUT2D eigenvalue weighted by Crippen LogP contribution is -2.45. The molecule has 178 valence electrons. The van der Waals surface area contributed by atoms with Gasteiger partial charge in [-0.1, -0.05) is 102 Å². The van der Waals surface area contributed by atoms with Gasteiger partial charge in [0.1, 0.15) is 0 Å². The van der Waals surface area contributed by atoms with Gasteiger partial charge in [-0.15, -0.1) is 0 Å². The maximum absolute atomic E-state index is 4.34. The zero-order valence-corrected chi connectivity index (χ0v) is 21.6. The zero-order chi connectivity index (χ0) is 23.8. The summed E-state index contributed by atoms with van der Waals surface area (Å²) in [5.74, 6) is 0. The second kappa shape index (κ2) is 15.7. The van der Waals surface area contributed by atoms with Crippen LogP contribution in [0.4, 0.5) is 0 Å². The molecule has 0 aromatic heterocycles. The molecule has 0 aliphatic heterocycles. The van der Waals surface area contributed by atoms with Crippen molar-refractivity contribution in [1.82, 2.24) is 10.6 Å². The first-order valence-corrected chi connectivity index (χ1v) is 12.9. The quantitative estimate of drug-likeness (QED) is 0.391. The second-order valence-corrected chi connectivity index (χ2v) is 8.38. The van der Waals surface area contributed by atoms with E-state index < -0.39 is 0 Å². The average Bonchev–Trinajstić information content (AvgIpc) is 2.87. The Bertz CT molecular complexity index is 742. The Morgan fingerprint density at radius 2 is 1.53 bits per heavy atom. The fourth-order valence-corrected chi connectivity index (χ4v) is 4.50. The standard InChI is InChI=1S/C26H36N2.2C2H6/c1-4-5-19-27-24-15-17-26(18-16-24,23-12-7-6-8-13-23)20-28-22(3)25-14-10-9-11-21(25)2;2*1-2/h6-14,24,27-28H,3-5,15-20H2,1-2H3;2*1-2H3. The Labute approximate surface area is 198 Å². The van der Waals surface area contributed by atoms with E-state index in [1.165, 1.54) is 55.2 Å². The average molecular weight is 437 g/mol. The van der Waals surface area contributed by atoms with Crippen molar-refractivity contribution in [3.63, 3.8) is 0 Å². The summed E-state index contributed by atoms with van der Waals surface area (Å²) in [5.41, 5.74) is 5.19. The van der Waals surface area contributed by atoms with Crippen molar-refractivity contribution in [2.45, 2.75) is 91.5 Å². The smallest absolute Gasteiger partial charge is 0.0343 e. The first kappa shape index (κ1) is 28.0. The molecule has 3 rings (SSSR count). The highest BCUT2D eigenvalue weighted by atomic mass is 14.9. The van der Waals surface area contributed by atoms with E-state index in [-0.39, 0.29) is 5.41 Å². The molecule has 1 saturated carbocycles. The summed E-state index contributed by atoms with van der Waals surface area (Å²) in [5, 5.41) is 7.47. The summed E-state index contributed by atoms with van der Waals surface area (Å²) in [7, 11) is 0. The summed E-state index contributed by atoms with van der Waals surface area (Å²) < 4.78 is 0. The van der Waals surface area contributed by atoms with Crippen LogP contribution in [0.1, 0.15) is 89.8 Å². The van der Waals surface area contributed by atoms with Crippen molar-refractivity contribution in [1.29, 1.82) is 0 Å². The molecule has 0 radical (unpaired) electrons. The number of hydrogen-bond acceptors (Lipinski definition) is 2. The van der Waals surface area contributed by atoms with Gasteiger partial charge in [0, 0.05) is 23.7 Å². The lowest BCUT2D eigenvalue weighted by atomic mass is 9.68. The van der Waals surface area contributed by atoms with Gasteiger partial charge in [0.2, 0.25) is 0 Å². The van der Waals surface area contributed by atoms with Crippen LogP contribution < -0.4 is 10.6 Å². The van der Waals surface area contributed by atoms with E-state index in [0.717, 1.165) is 18.8 Å². The first-order chi connectivity index (χ1) is 15.6. The molecule has 0 saturated heterocycles. The molecule has 2 heteroatoms. The highest BCUT2D eigenvalue weighted by Gasteiger charge is 2.36. The Balaban J connectivity index is 0.00000121. The maximum atomic E-state index is 4.34. The van der Waals surface area contributed by atoms with Crippen LogP contribution >= 0.6 is 0 Å². The van der Waals surface area contributed by atoms with E-state index in [0.29, 0.717) is 6.04 Å². The van der Waals surface area contributed by atoms with Crippen molar-refractivity contribution >= 4 is 5.70 Å². The fraction of sp³-hybridized carbons (Fsp3) is 0.533. The topological polar surface area (TPSA) is 24.1 Å². The van der Waals surface area contributed by atoms with Gasteiger partial charge in [0.25, 0.3) is 0 Å². The molecular weight excluding hydrogens is 388 g/mol. The van der Waals surface area contributed by atoms with E-state index in [1.54, 1.807) is 0 Å². The van der Waals surface area contributed by atoms with Crippen LogP contribution in [0.15, 0.2) is 61.2 Å². The lowest BCUT2D eigenvalue weighted by molar-refractivity contribution is 0.244. The minimum Gasteiger partial charge on any atom is -0.384 e. The largest absolute Gasteiger partial charge is 0.384 e. The second-order valence-electron chi connectivity index (χ2n) is 8.38. The van der Waals surface area contributed by atoms with Crippen LogP contribution in [-0.2, 0) is 5.41 Å². The number of benzene rings is 2. The van der Waals surface area contributed by atoms with E-state index in [4.69, 9.17) is 0 Å². The predicted octanol–water partition coefficient (Wildman–Crippen LogP) is 7.88. The van der Waals surface area contributed by atoms with Crippen LogP contribution in [0.3, 0.4) is 0 Å². The van der Waals surface area contributed by atoms with Gasteiger partial charge in [0.05, 0.1) is 0 Å². The highest BCUT2D eigenvalue weighted by Crippen LogP contribution is 2.39. The number of unbranched alkanes of at least 4 members (excludes halogenated alkanes) is 1. The van der Waals surface area contributed by atoms with Gasteiger partial charge >= 0.3 is 0 Å². The molecular formula is C30H48N2. The highest BCUT2D eigenvalue weighted by molar-refractivity contribution is 5.64. The monoisotopic (exact) mass is 436 g/mol. The van der Waals surface area contributed by atoms with Gasteiger partial charge in [0.15, 0.2) is 0 Å². The van der Waals surface area contributed by atoms with Crippen molar-refractivity contribution < 1.29 is 0 Å². The molecule has 1 aliphatic carbocycles. The van der Waals surface area contributed by atoms with Gasteiger partial charge < -0.3 is 10.6 Å². The molecule has 2 N–H and O–H groups in total. The number of aryl methyl sites for hydroxylation is 1. The van der Waals surface area contributed by atoms with Crippen LogP contribution in [0.25, 0.3) is 5.70 Å². The molecule has 2 nitrogen and oxygen atoms in total. The van der Waals surface area contributed by atoms with Crippen LogP contribution in [0, 0.1) is 6.92 Å². The Morgan fingerprint density at radius 3 is 2.12 bits per heavy atom. The SMILES string of the molecule is C=C(NCC1(c2ccccc2)CCC(NCCCC)CC1)c1ccccc1C.CC.CC. The van der Waals surface area contributed by atoms with E-state index in [2.05, 4.69) is 85.7 Å². The van der Waals surface area contributed by atoms with Crippen molar-refractivity contribution in [3.8, 4) is 0 Å². The third-order valence-corrected chi connectivity index (χ3v) is 6.40.